The minimum absolute atomic E-state index is 0.164. The number of aliphatic hydroxyl groups is 1. The highest BCUT2D eigenvalue weighted by Crippen LogP contribution is 2.20. The average molecular weight is 211 g/mol. The summed E-state index contributed by atoms with van der Waals surface area (Å²) in [5, 5.41) is 28.3. The summed E-state index contributed by atoms with van der Waals surface area (Å²) in [7, 11) is 0. The quantitative estimate of drug-likeness (QED) is 0.556. The monoisotopic (exact) mass is 211 g/mol. The van der Waals surface area contributed by atoms with Gasteiger partial charge in [-0.2, -0.15) is 0 Å². The minimum Gasteiger partial charge on any atom is -0.479 e. The number of aliphatic hydroxyl groups excluding tert-OH is 1. The number of aliphatic carboxylic acids is 1. The van der Waals surface area contributed by atoms with Crippen molar-refractivity contribution in [2.45, 2.75) is 12.1 Å². The van der Waals surface area contributed by atoms with Crippen LogP contribution in [-0.4, -0.2) is 27.2 Å². The van der Waals surface area contributed by atoms with Gasteiger partial charge in [0.15, 0.2) is 0 Å². The van der Waals surface area contributed by atoms with E-state index in [4.69, 9.17) is 10.2 Å². The summed E-state index contributed by atoms with van der Waals surface area (Å²) in [4.78, 5) is 20.3. The van der Waals surface area contributed by atoms with Crippen molar-refractivity contribution in [1.29, 1.82) is 0 Å². The summed E-state index contributed by atoms with van der Waals surface area (Å²) >= 11 is 0. The molecule has 0 spiro atoms. The molecule has 0 aliphatic carbocycles. The lowest BCUT2D eigenvalue weighted by atomic mass is 10.0. The van der Waals surface area contributed by atoms with Crippen LogP contribution in [0.25, 0.3) is 0 Å². The zero-order chi connectivity index (χ0) is 11.4. The van der Waals surface area contributed by atoms with Gasteiger partial charge in [0, 0.05) is 10.5 Å². The first kappa shape index (κ1) is 11.1. The van der Waals surface area contributed by atoms with E-state index in [-0.39, 0.29) is 5.56 Å². The van der Waals surface area contributed by atoms with Crippen molar-refractivity contribution in [3.63, 3.8) is 0 Å². The lowest BCUT2D eigenvalue weighted by Gasteiger charge is -2.12. The van der Waals surface area contributed by atoms with Gasteiger partial charge in [0.2, 0.25) is 6.10 Å². The number of carbonyl (C=O) groups is 1. The Morgan fingerprint density at radius 3 is 2.27 bits per heavy atom. The smallest absolute Gasteiger partial charge is 0.340 e. The van der Waals surface area contributed by atoms with Crippen molar-refractivity contribution in [2.75, 3.05) is 0 Å². The number of carboxylic acid groups (broad SMARTS) is 1. The molecule has 0 saturated heterocycles. The number of benzene rings is 1. The first-order valence-electron chi connectivity index (χ1n) is 4.13. The first-order chi connectivity index (χ1) is 7.04. The van der Waals surface area contributed by atoms with Gasteiger partial charge in [-0.15, -0.1) is 0 Å². The van der Waals surface area contributed by atoms with E-state index < -0.39 is 23.0 Å². The van der Waals surface area contributed by atoms with Crippen LogP contribution < -0.4 is 0 Å². The zero-order valence-corrected chi connectivity index (χ0v) is 7.61. The highest BCUT2D eigenvalue weighted by Gasteiger charge is 2.36. The Balaban J connectivity index is 3.04. The molecular formula is C9H9NO5. The molecule has 15 heavy (non-hydrogen) atoms. The number of rotatable bonds is 4. The van der Waals surface area contributed by atoms with Crippen LogP contribution in [0.2, 0.25) is 0 Å². The van der Waals surface area contributed by atoms with Crippen molar-refractivity contribution >= 4 is 5.97 Å². The molecule has 0 saturated carbocycles. The molecule has 1 aromatic carbocycles. The third kappa shape index (κ3) is 2.50. The van der Waals surface area contributed by atoms with Gasteiger partial charge >= 0.3 is 5.97 Å². The van der Waals surface area contributed by atoms with E-state index in [1.54, 1.807) is 18.2 Å². The third-order valence-corrected chi connectivity index (χ3v) is 1.92. The van der Waals surface area contributed by atoms with Crippen molar-refractivity contribution in [2.24, 2.45) is 0 Å². The van der Waals surface area contributed by atoms with Gasteiger partial charge in [0.05, 0.1) is 0 Å². The Labute approximate surface area is 84.9 Å². The van der Waals surface area contributed by atoms with Gasteiger partial charge in [-0.05, 0) is 0 Å². The molecule has 0 aromatic heterocycles. The molecule has 0 aliphatic heterocycles. The van der Waals surface area contributed by atoms with Crippen LogP contribution in [0.4, 0.5) is 0 Å². The van der Waals surface area contributed by atoms with Crippen LogP contribution in [-0.2, 0) is 4.79 Å². The predicted octanol–water partition coefficient (Wildman–Crippen LogP) is 0.450. The fourth-order valence-corrected chi connectivity index (χ4v) is 1.20. The van der Waals surface area contributed by atoms with Crippen molar-refractivity contribution < 1.29 is 19.9 Å². The minimum atomic E-state index is -2.04. The standard InChI is InChI=1S/C9H9NO5/c11-8(9(12)13)7(10(14)15)6-4-2-1-3-5-6/h1-5,7-8,11H,(H,12,13). The average Bonchev–Trinajstić information content (AvgIpc) is 2.18. The van der Waals surface area contributed by atoms with Gasteiger partial charge in [-0.25, -0.2) is 4.79 Å². The summed E-state index contributed by atoms with van der Waals surface area (Å²) < 4.78 is 0. The molecule has 0 aliphatic rings. The Kier molecular flexibility index (Phi) is 3.35. The lowest BCUT2D eigenvalue weighted by Crippen LogP contribution is -2.32. The molecule has 0 bridgehead atoms. The maximum Gasteiger partial charge on any atom is 0.340 e. The Hall–Kier alpha value is -1.95. The van der Waals surface area contributed by atoms with Crippen LogP contribution in [0.15, 0.2) is 30.3 Å². The highest BCUT2D eigenvalue weighted by molar-refractivity contribution is 5.73. The number of hydrogen-bond donors (Lipinski definition) is 2. The Morgan fingerprint density at radius 2 is 1.87 bits per heavy atom. The molecule has 0 amide bonds. The van der Waals surface area contributed by atoms with Gasteiger partial charge < -0.3 is 10.2 Å². The topological polar surface area (TPSA) is 101 Å². The molecule has 2 unspecified atom stereocenters. The zero-order valence-electron chi connectivity index (χ0n) is 7.61. The lowest BCUT2D eigenvalue weighted by molar-refractivity contribution is -0.538. The molecule has 2 N–H and O–H groups in total. The van der Waals surface area contributed by atoms with E-state index in [1.165, 1.54) is 12.1 Å². The summed E-state index contributed by atoms with van der Waals surface area (Å²) in [6.07, 6.45) is -2.04. The van der Waals surface area contributed by atoms with Gasteiger partial charge in [-0.3, -0.25) is 10.1 Å². The second-order valence-electron chi connectivity index (χ2n) is 2.92. The van der Waals surface area contributed by atoms with E-state index in [2.05, 4.69) is 0 Å². The SMILES string of the molecule is O=C(O)C(O)C(c1ccccc1)[N+](=O)[O-]. The highest BCUT2D eigenvalue weighted by atomic mass is 16.6. The molecule has 2 atom stereocenters. The molecule has 6 heteroatoms. The number of hydrogen-bond acceptors (Lipinski definition) is 4. The predicted molar refractivity (Wildman–Crippen MR) is 49.8 cm³/mol. The van der Waals surface area contributed by atoms with Crippen LogP contribution in [0.1, 0.15) is 11.6 Å². The molecule has 1 aromatic rings. The molecule has 0 radical (unpaired) electrons. The molecule has 6 nitrogen and oxygen atoms in total. The van der Waals surface area contributed by atoms with Crippen LogP contribution in [0.3, 0.4) is 0 Å². The first-order valence-corrected chi connectivity index (χ1v) is 4.13. The fraction of sp³-hybridized carbons (Fsp3) is 0.222. The van der Waals surface area contributed by atoms with Gasteiger partial charge in [-0.1, -0.05) is 30.3 Å². The van der Waals surface area contributed by atoms with Crippen LogP contribution in [0.5, 0.6) is 0 Å². The van der Waals surface area contributed by atoms with Crippen molar-refractivity contribution in [3.05, 3.63) is 46.0 Å². The van der Waals surface area contributed by atoms with E-state index in [0.29, 0.717) is 0 Å². The van der Waals surface area contributed by atoms with Crippen molar-refractivity contribution in [1.82, 2.24) is 0 Å². The van der Waals surface area contributed by atoms with Gasteiger partial charge in [0.25, 0.3) is 6.04 Å². The second-order valence-corrected chi connectivity index (χ2v) is 2.92. The summed E-state index contributed by atoms with van der Waals surface area (Å²) in [6.45, 7) is 0. The number of nitrogens with zero attached hydrogens (tertiary/aromatic N) is 1. The summed E-state index contributed by atoms with van der Waals surface area (Å²) in [5.74, 6) is -1.61. The molecule has 0 fully saturated rings. The van der Waals surface area contributed by atoms with E-state index in [9.17, 15) is 14.9 Å². The molecule has 0 heterocycles. The van der Waals surface area contributed by atoms with Crippen LogP contribution in [0, 0.1) is 10.1 Å². The van der Waals surface area contributed by atoms with Gasteiger partial charge in [0.1, 0.15) is 0 Å². The second kappa shape index (κ2) is 4.52. The van der Waals surface area contributed by atoms with Crippen molar-refractivity contribution in [3.8, 4) is 0 Å². The van der Waals surface area contributed by atoms with E-state index in [0.717, 1.165) is 0 Å². The fourth-order valence-electron chi connectivity index (χ4n) is 1.20. The number of carboxylic acids is 1. The Bertz CT molecular complexity index is 364. The molecular weight excluding hydrogens is 202 g/mol. The molecule has 80 valence electrons. The van der Waals surface area contributed by atoms with E-state index in [1.807, 2.05) is 0 Å². The maximum absolute atomic E-state index is 10.6. The largest absolute Gasteiger partial charge is 0.479 e. The van der Waals surface area contributed by atoms with Crippen LogP contribution >= 0.6 is 0 Å². The molecule has 1 rings (SSSR count). The third-order valence-electron chi connectivity index (χ3n) is 1.92. The Morgan fingerprint density at radius 1 is 1.33 bits per heavy atom. The maximum atomic E-state index is 10.6. The normalized spacial score (nSPS) is 14.2. The summed E-state index contributed by atoms with van der Waals surface area (Å²) in [6, 6.07) is 5.90. The number of nitro groups is 1. The summed E-state index contributed by atoms with van der Waals surface area (Å²) in [5.41, 5.74) is 0.164. The van der Waals surface area contributed by atoms with E-state index >= 15 is 0 Å².